The minimum atomic E-state index is -3.84. The summed E-state index contributed by atoms with van der Waals surface area (Å²) in [5, 5.41) is 9.01. The highest BCUT2D eigenvalue weighted by molar-refractivity contribution is 7.93. The number of hydrogen-bond acceptors (Lipinski definition) is 4. The van der Waals surface area contributed by atoms with Crippen LogP contribution in [0.1, 0.15) is 12.5 Å². The molecule has 0 atom stereocenters. The molecule has 0 saturated heterocycles. The maximum atomic E-state index is 12.8. The monoisotopic (exact) mass is 321 g/mol. The maximum Gasteiger partial charge on any atom is 0.265 e. The summed E-state index contributed by atoms with van der Waals surface area (Å²) in [6, 6.07) is 9.28. The number of pyridine rings is 1. The van der Waals surface area contributed by atoms with E-state index in [2.05, 4.69) is 4.98 Å². The van der Waals surface area contributed by atoms with Gasteiger partial charge in [0.05, 0.1) is 22.3 Å². The third kappa shape index (κ3) is 2.99. The summed E-state index contributed by atoms with van der Waals surface area (Å²) in [7, 11) is -3.84. The highest BCUT2D eigenvalue weighted by Crippen LogP contribution is 2.28. The molecule has 108 valence electrons. The summed E-state index contributed by atoms with van der Waals surface area (Å²) in [6.45, 7) is 1.96. The quantitative estimate of drug-likeness (QED) is 0.867. The van der Waals surface area contributed by atoms with Crippen molar-refractivity contribution in [3.8, 4) is 6.07 Å². The van der Waals surface area contributed by atoms with Crippen molar-refractivity contribution in [2.75, 3.05) is 10.8 Å². The van der Waals surface area contributed by atoms with Gasteiger partial charge in [0, 0.05) is 18.9 Å². The van der Waals surface area contributed by atoms with Crippen LogP contribution in [0.3, 0.4) is 0 Å². The number of halogens is 1. The Balaban J connectivity index is 2.58. The molecule has 0 N–H and O–H groups in total. The first kappa shape index (κ1) is 15.3. The lowest BCUT2D eigenvalue weighted by Crippen LogP contribution is -2.31. The van der Waals surface area contributed by atoms with Gasteiger partial charge in [-0.15, -0.1) is 0 Å². The van der Waals surface area contributed by atoms with E-state index in [9.17, 15) is 8.42 Å². The van der Waals surface area contributed by atoms with E-state index in [-0.39, 0.29) is 22.0 Å². The number of anilines is 1. The van der Waals surface area contributed by atoms with Gasteiger partial charge < -0.3 is 0 Å². The van der Waals surface area contributed by atoms with Crippen molar-refractivity contribution in [1.29, 1.82) is 5.26 Å². The molecule has 0 amide bonds. The number of rotatable bonds is 4. The zero-order chi connectivity index (χ0) is 15.5. The number of aromatic nitrogens is 1. The zero-order valence-electron chi connectivity index (χ0n) is 11.2. The van der Waals surface area contributed by atoms with Crippen LogP contribution in [0.4, 0.5) is 5.69 Å². The van der Waals surface area contributed by atoms with Gasteiger partial charge in [-0.2, -0.15) is 5.26 Å². The molecule has 2 rings (SSSR count). The van der Waals surface area contributed by atoms with Crippen LogP contribution in [0.2, 0.25) is 5.02 Å². The van der Waals surface area contributed by atoms with Crippen LogP contribution in [0, 0.1) is 11.3 Å². The highest BCUT2D eigenvalue weighted by atomic mass is 35.5. The van der Waals surface area contributed by atoms with Gasteiger partial charge in [0.2, 0.25) is 0 Å². The molecule has 0 fully saturated rings. The van der Waals surface area contributed by atoms with Gasteiger partial charge in [-0.05, 0) is 37.3 Å². The fourth-order valence-electron chi connectivity index (χ4n) is 1.89. The molecule has 0 bridgehead atoms. The Morgan fingerprint density at radius 1 is 1.29 bits per heavy atom. The maximum absolute atomic E-state index is 12.8. The van der Waals surface area contributed by atoms with Crippen LogP contribution >= 0.6 is 11.6 Å². The molecule has 0 radical (unpaired) electrons. The van der Waals surface area contributed by atoms with Crippen LogP contribution in [0.25, 0.3) is 0 Å². The van der Waals surface area contributed by atoms with Crippen molar-refractivity contribution in [1.82, 2.24) is 4.98 Å². The van der Waals surface area contributed by atoms with Crippen molar-refractivity contribution < 1.29 is 8.42 Å². The van der Waals surface area contributed by atoms with E-state index in [1.165, 1.54) is 34.9 Å². The summed E-state index contributed by atoms with van der Waals surface area (Å²) in [5.74, 6) is 0. The molecule has 0 aliphatic heterocycles. The molecule has 1 aromatic carbocycles. The Labute approximate surface area is 128 Å². The fourth-order valence-corrected chi connectivity index (χ4v) is 3.87. The van der Waals surface area contributed by atoms with Gasteiger partial charge in [0.1, 0.15) is 4.90 Å². The minimum absolute atomic E-state index is 0.0816. The number of hydrogen-bond donors (Lipinski definition) is 0. The lowest BCUT2D eigenvalue weighted by Gasteiger charge is -2.23. The van der Waals surface area contributed by atoms with E-state index < -0.39 is 10.0 Å². The topological polar surface area (TPSA) is 74.1 Å². The van der Waals surface area contributed by atoms with Gasteiger partial charge in [0.25, 0.3) is 10.0 Å². The van der Waals surface area contributed by atoms with E-state index in [0.717, 1.165) is 0 Å². The predicted molar refractivity (Wildman–Crippen MR) is 80.6 cm³/mol. The predicted octanol–water partition coefficient (Wildman–Crippen LogP) is 2.82. The van der Waals surface area contributed by atoms with Gasteiger partial charge >= 0.3 is 0 Å². The third-order valence-corrected chi connectivity index (χ3v) is 5.25. The zero-order valence-corrected chi connectivity index (χ0v) is 12.8. The Morgan fingerprint density at radius 2 is 1.95 bits per heavy atom. The Kier molecular flexibility index (Phi) is 4.46. The van der Waals surface area contributed by atoms with E-state index in [1.54, 1.807) is 19.1 Å². The SMILES string of the molecule is CCN(c1ccncc1)S(=O)(=O)c1cc(C#N)ccc1Cl. The van der Waals surface area contributed by atoms with Gasteiger partial charge in [-0.25, -0.2) is 8.42 Å². The first-order valence-corrected chi connectivity index (χ1v) is 7.95. The van der Waals surface area contributed by atoms with Crippen molar-refractivity contribution in [2.45, 2.75) is 11.8 Å². The van der Waals surface area contributed by atoms with Crippen molar-refractivity contribution in [2.24, 2.45) is 0 Å². The highest BCUT2D eigenvalue weighted by Gasteiger charge is 2.26. The first-order chi connectivity index (χ1) is 10.0. The lowest BCUT2D eigenvalue weighted by molar-refractivity contribution is 0.592. The molecule has 0 spiro atoms. The van der Waals surface area contributed by atoms with Crippen LogP contribution in [0.5, 0.6) is 0 Å². The summed E-state index contributed by atoms with van der Waals surface area (Å²) >= 11 is 6.00. The molecule has 2 aromatic rings. The molecule has 0 aliphatic rings. The minimum Gasteiger partial charge on any atom is -0.266 e. The summed E-state index contributed by atoms with van der Waals surface area (Å²) in [6.07, 6.45) is 3.03. The summed E-state index contributed by atoms with van der Waals surface area (Å²) in [4.78, 5) is 3.79. The van der Waals surface area contributed by atoms with Crippen LogP contribution in [-0.4, -0.2) is 19.9 Å². The number of sulfonamides is 1. The van der Waals surface area contributed by atoms with Crippen molar-refractivity contribution in [3.63, 3.8) is 0 Å². The van der Waals surface area contributed by atoms with Crippen LogP contribution in [-0.2, 0) is 10.0 Å². The fraction of sp³-hybridized carbons (Fsp3) is 0.143. The van der Waals surface area contributed by atoms with E-state index in [1.807, 2.05) is 6.07 Å². The van der Waals surface area contributed by atoms with Crippen molar-refractivity contribution >= 4 is 27.3 Å². The number of nitrogens with zero attached hydrogens (tertiary/aromatic N) is 3. The standard InChI is InChI=1S/C14H12ClN3O2S/c1-2-18(12-5-7-17-8-6-12)21(19,20)14-9-11(10-16)3-4-13(14)15/h3-9H,2H2,1H3. The lowest BCUT2D eigenvalue weighted by atomic mass is 10.2. The largest absolute Gasteiger partial charge is 0.266 e. The Hall–Kier alpha value is -2.10. The van der Waals surface area contributed by atoms with Gasteiger partial charge in [0.15, 0.2) is 0 Å². The van der Waals surface area contributed by atoms with Gasteiger partial charge in [-0.3, -0.25) is 9.29 Å². The first-order valence-electron chi connectivity index (χ1n) is 6.13. The Morgan fingerprint density at radius 3 is 2.52 bits per heavy atom. The third-order valence-electron chi connectivity index (χ3n) is 2.87. The Bertz CT molecular complexity index is 786. The second kappa shape index (κ2) is 6.12. The second-order valence-electron chi connectivity index (χ2n) is 4.13. The average molecular weight is 322 g/mol. The molecule has 21 heavy (non-hydrogen) atoms. The molecule has 0 saturated carbocycles. The smallest absolute Gasteiger partial charge is 0.265 e. The van der Waals surface area contributed by atoms with E-state index >= 15 is 0 Å². The molecular weight excluding hydrogens is 310 g/mol. The molecule has 1 aromatic heterocycles. The molecule has 1 heterocycles. The second-order valence-corrected chi connectivity index (χ2v) is 6.37. The number of benzene rings is 1. The van der Waals surface area contributed by atoms with Gasteiger partial charge in [-0.1, -0.05) is 11.6 Å². The normalized spacial score (nSPS) is 10.9. The molecule has 0 unspecified atom stereocenters. The summed E-state index contributed by atoms with van der Waals surface area (Å²) < 4.78 is 26.7. The van der Waals surface area contributed by atoms with Crippen molar-refractivity contribution in [3.05, 3.63) is 53.3 Å². The number of nitriles is 1. The molecule has 0 aliphatic carbocycles. The van der Waals surface area contributed by atoms with E-state index in [4.69, 9.17) is 16.9 Å². The summed E-state index contributed by atoms with van der Waals surface area (Å²) in [5.41, 5.74) is 0.731. The molecular formula is C14H12ClN3O2S. The molecule has 7 heteroatoms. The van der Waals surface area contributed by atoms with Crippen LogP contribution in [0.15, 0.2) is 47.6 Å². The van der Waals surface area contributed by atoms with E-state index in [0.29, 0.717) is 5.69 Å². The van der Waals surface area contributed by atoms with Crippen LogP contribution < -0.4 is 4.31 Å². The average Bonchev–Trinajstić information content (AvgIpc) is 2.49. The molecule has 5 nitrogen and oxygen atoms in total.